The molecular formula is C40H52F2N6O9S. The minimum atomic E-state index is -4.08. The molecule has 1 saturated heterocycles. The van der Waals surface area contributed by atoms with Crippen LogP contribution in [0.1, 0.15) is 110 Å². The number of amides is 4. The molecule has 4 amide bonds. The normalized spacial score (nSPS) is 28.9. The Morgan fingerprint density at radius 1 is 1.14 bits per heavy atom. The molecular weight excluding hydrogens is 779 g/mol. The lowest BCUT2D eigenvalue weighted by Gasteiger charge is -2.38. The summed E-state index contributed by atoms with van der Waals surface area (Å²) in [5.74, 6) is -2.82. The highest BCUT2D eigenvalue weighted by molar-refractivity contribution is 7.91. The lowest BCUT2D eigenvalue weighted by molar-refractivity contribution is -0.143. The Labute approximate surface area is 336 Å². The molecule has 2 aromatic heterocycles. The van der Waals surface area contributed by atoms with Crippen LogP contribution >= 0.6 is 0 Å². The van der Waals surface area contributed by atoms with Crippen LogP contribution < -0.4 is 19.5 Å². The van der Waals surface area contributed by atoms with E-state index in [1.54, 1.807) is 13.0 Å². The van der Waals surface area contributed by atoms with Gasteiger partial charge in [0.1, 0.15) is 28.9 Å². The van der Waals surface area contributed by atoms with Gasteiger partial charge in [-0.15, -0.1) is 0 Å². The number of methoxy groups -OCH3 is 1. The number of pyridine rings is 2. The second kappa shape index (κ2) is 14.9. The zero-order valence-electron chi connectivity index (χ0n) is 33.5. The minimum absolute atomic E-state index is 0.00646. The number of aryl methyl sites for hydroxylation is 1. The average molecular weight is 831 g/mol. The summed E-state index contributed by atoms with van der Waals surface area (Å²) in [7, 11) is -2.65. The number of carbonyl (C=O) groups is 4. The van der Waals surface area contributed by atoms with Crippen LogP contribution in [0.15, 0.2) is 24.3 Å². The van der Waals surface area contributed by atoms with E-state index in [1.807, 2.05) is 26.8 Å². The van der Waals surface area contributed by atoms with Gasteiger partial charge in [-0.3, -0.25) is 24.0 Å². The molecule has 0 unspecified atom stereocenters. The number of ether oxygens (including phenoxy) is 2. The molecule has 0 bridgehead atoms. The molecule has 2 aliphatic carbocycles. The molecule has 15 nitrogen and oxygen atoms in total. The summed E-state index contributed by atoms with van der Waals surface area (Å²) in [5.41, 5.74) is -3.32. The van der Waals surface area contributed by atoms with E-state index in [1.165, 1.54) is 24.1 Å². The molecule has 3 fully saturated rings. The summed E-state index contributed by atoms with van der Waals surface area (Å²) in [6, 6.07) is 0.496. The van der Waals surface area contributed by atoms with Crippen LogP contribution in [0.2, 0.25) is 0 Å². The number of allylic oxidation sites excluding steroid dienone is 1. The monoisotopic (exact) mass is 830 g/mol. The molecule has 58 heavy (non-hydrogen) atoms. The molecule has 2 aromatic rings. The predicted molar refractivity (Wildman–Crippen MR) is 207 cm³/mol. The van der Waals surface area contributed by atoms with Crippen LogP contribution in [0.4, 0.5) is 13.6 Å². The second-order valence-electron chi connectivity index (χ2n) is 18.0. The van der Waals surface area contributed by atoms with Crippen molar-refractivity contribution in [3.63, 3.8) is 0 Å². The fourth-order valence-electron chi connectivity index (χ4n) is 8.61. The number of carbonyl (C=O) groups excluding carboxylic acids is 3. The lowest BCUT2D eigenvalue weighted by atomic mass is 9.88. The fraction of sp³-hybridized carbons (Fsp3) is 0.650. The quantitative estimate of drug-likeness (QED) is 0.317. The van der Waals surface area contributed by atoms with E-state index in [2.05, 4.69) is 20.0 Å². The van der Waals surface area contributed by atoms with E-state index in [-0.39, 0.29) is 62.3 Å². The first kappa shape index (κ1) is 41.5. The number of alkyl halides is 2. The first-order valence-electron chi connectivity index (χ1n) is 19.9. The van der Waals surface area contributed by atoms with Gasteiger partial charge in [0, 0.05) is 30.5 Å². The highest BCUT2D eigenvalue weighted by atomic mass is 32.2. The van der Waals surface area contributed by atoms with Crippen LogP contribution in [0.25, 0.3) is 11.0 Å². The number of rotatable bonds is 7. The number of aromatic nitrogens is 2. The highest BCUT2D eigenvalue weighted by Gasteiger charge is 2.64. The van der Waals surface area contributed by atoms with E-state index in [0.717, 1.165) is 4.90 Å². The van der Waals surface area contributed by atoms with Crippen molar-refractivity contribution in [2.45, 2.75) is 133 Å². The van der Waals surface area contributed by atoms with E-state index < -0.39 is 85.3 Å². The molecule has 3 aliphatic heterocycles. The van der Waals surface area contributed by atoms with Gasteiger partial charge in [-0.2, -0.15) is 0 Å². The first-order chi connectivity index (χ1) is 27.2. The number of hydrogen-bond donors (Lipinski definition) is 3. The van der Waals surface area contributed by atoms with Gasteiger partial charge in [0.2, 0.25) is 27.7 Å². The number of nitrogens with zero attached hydrogens (tertiary/aromatic N) is 4. The Morgan fingerprint density at radius 2 is 1.88 bits per heavy atom. The Hall–Kier alpha value is -4.61. The van der Waals surface area contributed by atoms with Crippen LogP contribution in [-0.2, 0) is 30.8 Å². The molecule has 18 heteroatoms. The average Bonchev–Trinajstić information content (AvgIpc) is 4.05. The fourth-order valence-corrected chi connectivity index (χ4v) is 9.93. The first-order valence-corrected chi connectivity index (χ1v) is 21.4. The van der Waals surface area contributed by atoms with Crippen LogP contribution in [0.3, 0.4) is 0 Å². The maximum atomic E-state index is 15.0. The second-order valence-corrected chi connectivity index (χ2v) is 20.2. The SMILES string of the molecule is COc1ccc2nc(C(F)F)c3c(c2n1)CC[C@]1(C[C@H]2C(=O)N[C@]4(C(=O)NS(=O)(=O)C5(C)CC5)C[C@H]4/C=C\CCCCC[C@H](N(CC(C)(C)C)C(=O)O)C(=O)N2C1)O3. The van der Waals surface area contributed by atoms with Crippen LogP contribution in [0.5, 0.6) is 11.6 Å². The molecule has 5 heterocycles. The summed E-state index contributed by atoms with van der Waals surface area (Å²) in [4.78, 5) is 67.7. The molecule has 0 radical (unpaired) electrons. The molecule has 7 rings (SSSR count). The summed E-state index contributed by atoms with van der Waals surface area (Å²) in [5, 5.41) is 13.3. The van der Waals surface area contributed by atoms with Crippen molar-refractivity contribution < 1.29 is 51.0 Å². The third-order valence-corrected chi connectivity index (χ3v) is 14.5. The van der Waals surface area contributed by atoms with Gasteiger partial charge >= 0.3 is 6.09 Å². The summed E-state index contributed by atoms with van der Waals surface area (Å²) >= 11 is 0. The van der Waals surface area contributed by atoms with Gasteiger partial charge in [-0.1, -0.05) is 45.8 Å². The maximum Gasteiger partial charge on any atom is 0.407 e. The zero-order chi connectivity index (χ0) is 42.0. The standard InChI is InChI=1S/C40H52F2N6O9S/c1-37(2,3)21-48(36(52)53)26-12-10-8-6-7-9-11-23-19-40(23,35(51)46-58(54,55)38(4)17-18-38)45-33(49)27-20-39(22-47(27)34(26)50)16-15-24-29-25(13-14-28(44-29)56-5)43-30(32(41)42)31(24)57-39/h9,11,13-14,23,26-27,32H,6-8,10,12,15-22H2,1-5H3,(H,45,49)(H,46,51)(H,52,53)/b11-9-/t23-,26+,27+,39-,40-/m1/s1. The number of halogens is 2. The maximum absolute atomic E-state index is 15.0. The largest absolute Gasteiger partial charge is 0.483 e. The number of carboxylic acid groups (broad SMARTS) is 1. The number of hydrogen-bond acceptors (Lipinski definition) is 10. The number of sulfonamides is 1. The van der Waals surface area contributed by atoms with E-state index in [4.69, 9.17) is 9.47 Å². The molecule has 5 atom stereocenters. The van der Waals surface area contributed by atoms with Crippen molar-refractivity contribution in [2.24, 2.45) is 11.3 Å². The van der Waals surface area contributed by atoms with E-state index in [0.29, 0.717) is 49.6 Å². The van der Waals surface area contributed by atoms with Crippen LogP contribution in [0, 0.1) is 11.3 Å². The smallest absolute Gasteiger partial charge is 0.407 e. The predicted octanol–water partition coefficient (Wildman–Crippen LogP) is 5.03. The Kier molecular flexibility index (Phi) is 10.7. The molecule has 3 N–H and O–H groups in total. The number of nitrogens with one attached hydrogen (secondary N) is 2. The topological polar surface area (TPSA) is 197 Å². The minimum Gasteiger partial charge on any atom is -0.483 e. The van der Waals surface area contributed by atoms with E-state index in [9.17, 15) is 36.7 Å². The number of fused-ring (bicyclic) bond motifs is 5. The molecule has 0 aromatic carbocycles. The zero-order valence-corrected chi connectivity index (χ0v) is 34.3. The molecule has 316 valence electrons. The van der Waals surface area contributed by atoms with Crippen molar-refractivity contribution in [1.82, 2.24) is 29.8 Å². The van der Waals surface area contributed by atoms with Gasteiger partial charge in [-0.05, 0) is 69.8 Å². The Bertz CT molecular complexity index is 2160. The van der Waals surface area contributed by atoms with Crippen molar-refractivity contribution in [3.8, 4) is 11.6 Å². The Balaban J connectivity index is 1.29. The van der Waals surface area contributed by atoms with Gasteiger partial charge < -0.3 is 24.8 Å². The van der Waals surface area contributed by atoms with Gasteiger partial charge in [0.05, 0.1) is 29.4 Å². The lowest BCUT2D eigenvalue weighted by Crippen LogP contribution is -2.59. The van der Waals surface area contributed by atoms with Gasteiger partial charge in [0.15, 0.2) is 5.75 Å². The summed E-state index contributed by atoms with van der Waals surface area (Å²) < 4.78 is 68.9. The van der Waals surface area contributed by atoms with Crippen molar-refractivity contribution >= 4 is 44.9 Å². The summed E-state index contributed by atoms with van der Waals surface area (Å²) in [6.45, 7) is 6.85. The highest BCUT2D eigenvalue weighted by Crippen LogP contribution is 2.50. The third-order valence-electron chi connectivity index (χ3n) is 12.3. The molecule has 1 spiro atoms. The van der Waals surface area contributed by atoms with Crippen LogP contribution in [-0.4, -0.2) is 105 Å². The third kappa shape index (κ3) is 7.79. The molecule has 2 saturated carbocycles. The summed E-state index contributed by atoms with van der Waals surface area (Å²) in [6.07, 6.45) is 2.98. The molecule has 5 aliphatic rings. The van der Waals surface area contributed by atoms with Gasteiger partial charge in [-0.25, -0.2) is 32.0 Å². The van der Waals surface area contributed by atoms with Gasteiger partial charge in [0.25, 0.3) is 12.3 Å². The van der Waals surface area contributed by atoms with Crippen molar-refractivity contribution in [2.75, 3.05) is 20.2 Å². The van der Waals surface area contributed by atoms with E-state index >= 15 is 4.79 Å². The van der Waals surface area contributed by atoms with Crippen molar-refractivity contribution in [3.05, 3.63) is 35.5 Å². The Morgan fingerprint density at radius 3 is 2.53 bits per heavy atom. The van der Waals surface area contributed by atoms with Crippen molar-refractivity contribution in [1.29, 1.82) is 0 Å².